The fraction of sp³-hybridized carbons (Fsp3) is 0.467. The average molecular weight is 314 g/mol. The Morgan fingerprint density at radius 3 is 2.48 bits per heavy atom. The average Bonchev–Trinajstić information content (AvgIpc) is 2.46. The first kappa shape index (κ1) is 19.4. The first-order valence-electron chi connectivity index (χ1n) is 6.89. The second kappa shape index (κ2) is 11.1. The zero-order chi connectivity index (χ0) is 14.8. The third kappa shape index (κ3) is 8.32. The van der Waals surface area contributed by atoms with E-state index in [0.29, 0.717) is 13.0 Å². The van der Waals surface area contributed by atoms with Crippen LogP contribution in [0.4, 0.5) is 0 Å². The Labute approximate surface area is 132 Å². The number of benzene rings is 1. The van der Waals surface area contributed by atoms with Gasteiger partial charge in [0.25, 0.3) is 0 Å². The molecule has 0 aliphatic carbocycles. The Bertz CT molecular complexity index is 426. The van der Waals surface area contributed by atoms with Gasteiger partial charge in [-0.3, -0.25) is 9.59 Å². The van der Waals surface area contributed by atoms with Crippen LogP contribution in [-0.2, 0) is 16.1 Å². The summed E-state index contributed by atoms with van der Waals surface area (Å²) in [6, 6.07) is 9.16. The van der Waals surface area contributed by atoms with E-state index in [1.807, 2.05) is 37.4 Å². The van der Waals surface area contributed by atoms with Crippen LogP contribution in [-0.4, -0.2) is 31.4 Å². The number of halogens is 1. The largest absolute Gasteiger partial charge is 0.350 e. The predicted octanol–water partition coefficient (Wildman–Crippen LogP) is 1.23. The first-order valence-corrected chi connectivity index (χ1v) is 6.89. The van der Waals surface area contributed by atoms with Crippen LogP contribution in [0.15, 0.2) is 30.3 Å². The lowest BCUT2D eigenvalue weighted by atomic mass is 10.2. The Balaban J connectivity index is 0.00000400. The summed E-state index contributed by atoms with van der Waals surface area (Å²) in [5, 5.41) is 8.48. The maximum atomic E-state index is 11.8. The van der Waals surface area contributed by atoms with Gasteiger partial charge in [0.15, 0.2) is 0 Å². The van der Waals surface area contributed by atoms with Gasteiger partial charge < -0.3 is 16.0 Å². The van der Waals surface area contributed by atoms with Crippen molar-refractivity contribution >= 4 is 24.2 Å². The van der Waals surface area contributed by atoms with Gasteiger partial charge in [0.05, 0.1) is 0 Å². The van der Waals surface area contributed by atoms with Crippen molar-refractivity contribution in [3.05, 3.63) is 35.9 Å². The highest BCUT2D eigenvalue weighted by Crippen LogP contribution is 1.97. The topological polar surface area (TPSA) is 70.2 Å². The molecule has 0 aliphatic rings. The van der Waals surface area contributed by atoms with Gasteiger partial charge >= 0.3 is 0 Å². The molecule has 118 valence electrons. The Kier molecular flexibility index (Phi) is 10.3. The van der Waals surface area contributed by atoms with Crippen LogP contribution in [0, 0.1) is 0 Å². The van der Waals surface area contributed by atoms with Gasteiger partial charge in [0.1, 0.15) is 6.04 Å². The molecule has 6 heteroatoms. The summed E-state index contributed by atoms with van der Waals surface area (Å²) in [4.78, 5) is 23.4. The molecule has 21 heavy (non-hydrogen) atoms. The van der Waals surface area contributed by atoms with E-state index in [0.717, 1.165) is 18.5 Å². The van der Waals surface area contributed by atoms with Crippen LogP contribution < -0.4 is 16.0 Å². The van der Waals surface area contributed by atoms with E-state index in [9.17, 15) is 9.59 Å². The summed E-state index contributed by atoms with van der Waals surface area (Å²) in [7, 11) is 1.84. The molecule has 2 amide bonds. The van der Waals surface area contributed by atoms with Gasteiger partial charge in [-0.2, -0.15) is 0 Å². The number of carbonyl (C=O) groups excluding carboxylic acids is 2. The van der Waals surface area contributed by atoms with Crippen LogP contribution in [0.25, 0.3) is 0 Å². The zero-order valence-corrected chi connectivity index (χ0v) is 13.3. The van der Waals surface area contributed by atoms with Crippen LogP contribution in [0.5, 0.6) is 0 Å². The lowest BCUT2D eigenvalue weighted by molar-refractivity contribution is -0.128. The standard InChI is InChI=1S/C15H23N3O2.ClH/c1-12(18-14(19)9-6-10-16-2)15(20)17-11-13-7-4-3-5-8-13;/h3-5,7-8,12,16H,6,9-11H2,1-2H3,(H,17,20)(H,18,19);1H. The van der Waals surface area contributed by atoms with E-state index >= 15 is 0 Å². The zero-order valence-electron chi connectivity index (χ0n) is 12.5. The molecule has 0 radical (unpaired) electrons. The van der Waals surface area contributed by atoms with Crippen molar-refractivity contribution in [1.29, 1.82) is 0 Å². The predicted molar refractivity (Wildman–Crippen MR) is 86.3 cm³/mol. The molecule has 0 heterocycles. The SMILES string of the molecule is CNCCCC(=O)NC(C)C(=O)NCc1ccccc1.Cl. The van der Waals surface area contributed by atoms with Gasteiger partial charge in [0, 0.05) is 13.0 Å². The van der Waals surface area contributed by atoms with Crippen molar-refractivity contribution in [2.24, 2.45) is 0 Å². The minimum absolute atomic E-state index is 0. The van der Waals surface area contributed by atoms with Crippen molar-refractivity contribution in [2.45, 2.75) is 32.4 Å². The van der Waals surface area contributed by atoms with Gasteiger partial charge in [-0.05, 0) is 32.5 Å². The highest BCUT2D eigenvalue weighted by Gasteiger charge is 2.14. The van der Waals surface area contributed by atoms with Gasteiger partial charge in [-0.15, -0.1) is 12.4 Å². The summed E-state index contributed by atoms with van der Waals surface area (Å²) in [6.45, 7) is 2.96. The van der Waals surface area contributed by atoms with Crippen molar-refractivity contribution in [1.82, 2.24) is 16.0 Å². The lowest BCUT2D eigenvalue weighted by Gasteiger charge is -2.14. The monoisotopic (exact) mass is 313 g/mol. The second-order valence-corrected chi connectivity index (χ2v) is 4.70. The normalized spacial score (nSPS) is 11.1. The van der Waals surface area contributed by atoms with Crippen molar-refractivity contribution in [3.8, 4) is 0 Å². The summed E-state index contributed by atoms with van der Waals surface area (Å²) >= 11 is 0. The minimum Gasteiger partial charge on any atom is -0.350 e. The minimum atomic E-state index is -0.513. The third-order valence-electron chi connectivity index (χ3n) is 2.91. The summed E-state index contributed by atoms with van der Waals surface area (Å²) < 4.78 is 0. The van der Waals surface area contributed by atoms with E-state index in [2.05, 4.69) is 16.0 Å². The van der Waals surface area contributed by atoms with Crippen LogP contribution in [0.1, 0.15) is 25.3 Å². The Morgan fingerprint density at radius 2 is 1.86 bits per heavy atom. The fourth-order valence-corrected chi connectivity index (χ4v) is 1.74. The summed E-state index contributed by atoms with van der Waals surface area (Å²) in [5.41, 5.74) is 1.04. The maximum Gasteiger partial charge on any atom is 0.242 e. The molecule has 1 unspecified atom stereocenters. The van der Waals surface area contributed by atoms with E-state index in [4.69, 9.17) is 0 Å². The van der Waals surface area contributed by atoms with Gasteiger partial charge in [-0.25, -0.2) is 0 Å². The number of carbonyl (C=O) groups is 2. The highest BCUT2D eigenvalue weighted by molar-refractivity contribution is 5.87. The first-order chi connectivity index (χ1) is 9.63. The molecular formula is C15H24ClN3O2. The van der Waals surface area contributed by atoms with E-state index in [1.165, 1.54) is 0 Å². The summed E-state index contributed by atoms with van der Waals surface area (Å²) in [6.07, 6.45) is 1.19. The second-order valence-electron chi connectivity index (χ2n) is 4.70. The molecule has 3 N–H and O–H groups in total. The number of hydrogen-bond acceptors (Lipinski definition) is 3. The van der Waals surface area contributed by atoms with Gasteiger partial charge in [0.2, 0.25) is 11.8 Å². The molecule has 5 nitrogen and oxygen atoms in total. The number of amides is 2. The van der Waals surface area contributed by atoms with Crippen molar-refractivity contribution < 1.29 is 9.59 Å². The van der Waals surface area contributed by atoms with Crippen LogP contribution >= 0.6 is 12.4 Å². The molecule has 0 spiro atoms. The fourth-order valence-electron chi connectivity index (χ4n) is 1.74. The smallest absolute Gasteiger partial charge is 0.242 e. The maximum absolute atomic E-state index is 11.8. The number of rotatable bonds is 8. The number of hydrogen-bond donors (Lipinski definition) is 3. The van der Waals surface area contributed by atoms with Crippen LogP contribution in [0.2, 0.25) is 0 Å². The molecule has 1 aromatic carbocycles. The van der Waals surface area contributed by atoms with Gasteiger partial charge in [-0.1, -0.05) is 30.3 Å². The summed E-state index contributed by atoms with van der Waals surface area (Å²) in [5.74, 6) is -0.265. The molecule has 1 rings (SSSR count). The van der Waals surface area contributed by atoms with E-state index in [-0.39, 0.29) is 24.2 Å². The number of nitrogens with one attached hydrogen (secondary N) is 3. The third-order valence-corrected chi connectivity index (χ3v) is 2.91. The lowest BCUT2D eigenvalue weighted by Crippen LogP contribution is -2.44. The van der Waals surface area contributed by atoms with Crippen molar-refractivity contribution in [3.63, 3.8) is 0 Å². The Morgan fingerprint density at radius 1 is 1.19 bits per heavy atom. The Hall–Kier alpha value is -1.59. The molecule has 1 aromatic rings. The van der Waals surface area contributed by atoms with Crippen molar-refractivity contribution in [2.75, 3.05) is 13.6 Å². The molecule has 1 atom stereocenters. The molecule has 0 saturated carbocycles. The quantitative estimate of drug-likeness (QED) is 0.632. The molecular weight excluding hydrogens is 290 g/mol. The van der Waals surface area contributed by atoms with E-state index in [1.54, 1.807) is 6.92 Å². The molecule has 0 bridgehead atoms. The van der Waals surface area contributed by atoms with Crippen LogP contribution in [0.3, 0.4) is 0 Å². The van der Waals surface area contributed by atoms with E-state index < -0.39 is 6.04 Å². The molecule has 0 fully saturated rings. The highest BCUT2D eigenvalue weighted by atomic mass is 35.5. The molecule has 0 aromatic heterocycles. The molecule has 0 saturated heterocycles. The molecule has 0 aliphatic heterocycles.